The normalized spacial score (nSPS) is 10.7. The van der Waals surface area contributed by atoms with Gasteiger partial charge in [0.2, 0.25) is 0 Å². The number of nitrogens with zero attached hydrogens (tertiary/aromatic N) is 1. The van der Waals surface area contributed by atoms with Crippen molar-refractivity contribution in [2.75, 3.05) is 5.32 Å². The number of guanidine groups is 1. The van der Waals surface area contributed by atoms with Crippen molar-refractivity contribution in [1.82, 2.24) is 0 Å². The van der Waals surface area contributed by atoms with E-state index in [1.165, 1.54) is 0 Å². The summed E-state index contributed by atoms with van der Waals surface area (Å²) in [5, 5.41) is 12.3. The van der Waals surface area contributed by atoms with Gasteiger partial charge in [-0.15, -0.1) is 24.0 Å². The summed E-state index contributed by atoms with van der Waals surface area (Å²) >= 11 is 0. The monoisotopic (exact) mass is 461 g/mol. The molecule has 0 radical (unpaired) electrons. The molecule has 0 saturated carbocycles. The standard InChI is InChI=1S/C20H19N3O2.HI/c21-20(22-14-15-9-11-17(24)12-10-15)23-16-5-4-8-19(13-16)25-18-6-2-1-3-7-18;/h1-13,24H,14H2,(H3,21,22,23);1H. The Labute approximate surface area is 169 Å². The maximum Gasteiger partial charge on any atom is 0.193 e. The van der Waals surface area contributed by atoms with Crippen molar-refractivity contribution in [3.05, 3.63) is 84.4 Å². The van der Waals surface area contributed by atoms with E-state index in [0.29, 0.717) is 18.3 Å². The Morgan fingerprint density at radius 1 is 0.923 bits per heavy atom. The predicted octanol–water partition coefficient (Wildman–Crippen LogP) is 4.73. The zero-order valence-corrected chi connectivity index (χ0v) is 16.3. The van der Waals surface area contributed by atoms with Gasteiger partial charge < -0.3 is 20.9 Å². The van der Waals surface area contributed by atoms with Crippen LogP contribution in [0.1, 0.15) is 5.56 Å². The summed E-state index contributed by atoms with van der Waals surface area (Å²) in [6, 6.07) is 23.9. The van der Waals surface area contributed by atoms with Crippen LogP contribution < -0.4 is 15.8 Å². The van der Waals surface area contributed by atoms with Crippen LogP contribution >= 0.6 is 24.0 Å². The topological polar surface area (TPSA) is 79.9 Å². The van der Waals surface area contributed by atoms with Crippen LogP contribution in [0.15, 0.2) is 83.9 Å². The molecule has 3 rings (SSSR count). The highest BCUT2D eigenvalue weighted by atomic mass is 127. The van der Waals surface area contributed by atoms with Gasteiger partial charge in [-0.1, -0.05) is 36.4 Å². The number of hydrogen-bond donors (Lipinski definition) is 3. The second-order valence-corrected chi connectivity index (χ2v) is 5.44. The molecule has 3 aromatic rings. The molecule has 134 valence electrons. The number of nitrogens with two attached hydrogens (primary N) is 1. The van der Waals surface area contributed by atoms with E-state index in [1.807, 2.05) is 54.6 Å². The molecule has 0 atom stereocenters. The Bertz CT molecular complexity index is 852. The summed E-state index contributed by atoms with van der Waals surface area (Å²) in [5.41, 5.74) is 7.69. The number of aliphatic imine (C=N–C) groups is 1. The Morgan fingerprint density at radius 2 is 1.62 bits per heavy atom. The van der Waals surface area contributed by atoms with Gasteiger partial charge in [-0.25, -0.2) is 4.99 Å². The zero-order chi connectivity index (χ0) is 17.5. The van der Waals surface area contributed by atoms with Gasteiger partial charge in [0, 0.05) is 11.8 Å². The molecule has 4 N–H and O–H groups in total. The predicted molar refractivity (Wildman–Crippen MR) is 115 cm³/mol. The Morgan fingerprint density at radius 3 is 2.35 bits per heavy atom. The van der Waals surface area contributed by atoms with Gasteiger partial charge in [-0.3, -0.25) is 0 Å². The molecule has 0 bridgehead atoms. The Balaban J connectivity index is 0.00000243. The molecular weight excluding hydrogens is 441 g/mol. The van der Waals surface area contributed by atoms with Crippen LogP contribution in [-0.2, 0) is 6.54 Å². The van der Waals surface area contributed by atoms with Crippen molar-refractivity contribution < 1.29 is 9.84 Å². The first-order valence-corrected chi connectivity index (χ1v) is 7.87. The number of halogens is 1. The average molecular weight is 461 g/mol. The van der Waals surface area contributed by atoms with Crippen molar-refractivity contribution in [1.29, 1.82) is 0 Å². The molecule has 0 saturated heterocycles. The smallest absolute Gasteiger partial charge is 0.193 e. The number of para-hydroxylation sites is 1. The van der Waals surface area contributed by atoms with Gasteiger partial charge in [0.25, 0.3) is 0 Å². The third-order valence-electron chi connectivity index (χ3n) is 3.45. The van der Waals surface area contributed by atoms with Gasteiger partial charge in [0.15, 0.2) is 5.96 Å². The summed E-state index contributed by atoms with van der Waals surface area (Å²) < 4.78 is 5.80. The van der Waals surface area contributed by atoms with E-state index in [2.05, 4.69) is 10.3 Å². The van der Waals surface area contributed by atoms with Crippen LogP contribution in [0.25, 0.3) is 0 Å². The van der Waals surface area contributed by atoms with E-state index >= 15 is 0 Å². The lowest BCUT2D eigenvalue weighted by atomic mass is 10.2. The number of aromatic hydroxyl groups is 1. The Hall–Kier alpha value is -2.74. The number of ether oxygens (including phenoxy) is 1. The minimum absolute atomic E-state index is 0. The van der Waals surface area contributed by atoms with Crippen molar-refractivity contribution >= 4 is 35.6 Å². The number of benzene rings is 3. The molecule has 0 aliphatic carbocycles. The third kappa shape index (κ3) is 5.96. The first-order chi connectivity index (χ1) is 12.2. The molecule has 0 amide bonds. The van der Waals surface area contributed by atoms with Crippen molar-refractivity contribution in [3.8, 4) is 17.2 Å². The summed E-state index contributed by atoms with van der Waals surface area (Å²) in [4.78, 5) is 4.29. The van der Waals surface area contributed by atoms with E-state index in [0.717, 1.165) is 17.0 Å². The number of rotatable bonds is 5. The fraction of sp³-hybridized carbons (Fsp3) is 0.0500. The molecule has 0 aliphatic rings. The van der Waals surface area contributed by atoms with Crippen LogP contribution in [-0.4, -0.2) is 11.1 Å². The average Bonchev–Trinajstić information content (AvgIpc) is 2.62. The summed E-state index contributed by atoms with van der Waals surface area (Å²) in [6.45, 7) is 0.430. The first kappa shape index (κ1) is 19.6. The van der Waals surface area contributed by atoms with Crippen LogP contribution in [0.5, 0.6) is 17.2 Å². The van der Waals surface area contributed by atoms with Crippen LogP contribution in [0.4, 0.5) is 5.69 Å². The molecule has 3 aromatic carbocycles. The highest BCUT2D eigenvalue weighted by Crippen LogP contribution is 2.23. The molecular formula is C20H20IN3O2. The molecule has 0 aliphatic heterocycles. The molecule has 0 aromatic heterocycles. The lowest BCUT2D eigenvalue weighted by Crippen LogP contribution is -2.22. The number of nitrogens with one attached hydrogen (secondary N) is 1. The van der Waals surface area contributed by atoms with Gasteiger partial charge in [-0.05, 0) is 42.0 Å². The van der Waals surface area contributed by atoms with Gasteiger partial charge in [0.05, 0.1) is 6.54 Å². The van der Waals surface area contributed by atoms with E-state index in [4.69, 9.17) is 10.5 Å². The maximum absolute atomic E-state index is 9.28. The van der Waals surface area contributed by atoms with Crippen LogP contribution in [0.2, 0.25) is 0 Å². The lowest BCUT2D eigenvalue weighted by Gasteiger charge is -2.09. The minimum Gasteiger partial charge on any atom is -0.508 e. The number of phenols is 1. The second-order valence-electron chi connectivity index (χ2n) is 5.44. The SMILES string of the molecule is I.NC(=NCc1ccc(O)cc1)Nc1cccc(Oc2ccccc2)c1. The maximum atomic E-state index is 9.28. The summed E-state index contributed by atoms with van der Waals surface area (Å²) in [5.74, 6) is 2.02. The molecule has 26 heavy (non-hydrogen) atoms. The van der Waals surface area contributed by atoms with Crippen molar-refractivity contribution in [2.45, 2.75) is 6.54 Å². The quantitative estimate of drug-likeness (QED) is 0.292. The van der Waals surface area contributed by atoms with Gasteiger partial charge in [-0.2, -0.15) is 0 Å². The third-order valence-corrected chi connectivity index (χ3v) is 3.45. The highest BCUT2D eigenvalue weighted by molar-refractivity contribution is 14.0. The van der Waals surface area contributed by atoms with E-state index < -0.39 is 0 Å². The highest BCUT2D eigenvalue weighted by Gasteiger charge is 2.00. The number of hydrogen-bond acceptors (Lipinski definition) is 3. The van der Waals surface area contributed by atoms with Crippen molar-refractivity contribution in [3.63, 3.8) is 0 Å². The van der Waals surface area contributed by atoms with E-state index in [1.54, 1.807) is 24.3 Å². The lowest BCUT2D eigenvalue weighted by molar-refractivity contribution is 0.475. The zero-order valence-electron chi connectivity index (χ0n) is 14.0. The fourth-order valence-corrected chi connectivity index (χ4v) is 2.23. The molecule has 6 heteroatoms. The van der Waals surface area contributed by atoms with Crippen LogP contribution in [0.3, 0.4) is 0 Å². The summed E-state index contributed by atoms with van der Waals surface area (Å²) in [7, 11) is 0. The fourth-order valence-electron chi connectivity index (χ4n) is 2.23. The number of anilines is 1. The number of phenolic OH excluding ortho intramolecular Hbond substituents is 1. The molecule has 0 unspecified atom stereocenters. The summed E-state index contributed by atoms with van der Waals surface area (Å²) in [6.07, 6.45) is 0. The van der Waals surface area contributed by atoms with E-state index in [9.17, 15) is 5.11 Å². The van der Waals surface area contributed by atoms with Gasteiger partial charge in [0.1, 0.15) is 17.2 Å². The van der Waals surface area contributed by atoms with Gasteiger partial charge >= 0.3 is 0 Å². The first-order valence-electron chi connectivity index (χ1n) is 7.87. The molecule has 0 fully saturated rings. The Kier molecular flexibility index (Phi) is 7.28. The largest absolute Gasteiger partial charge is 0.508 e. The molecule has 5 nitrogen and oxygen atoms in total. The van der Waals surface area contributed by atoms with E-state index in [-0.39, 0.29) is 29.7 Å². The molecule has 0 spiro atoms. The molecule has 0 heterocycles. The minimum atomic E-state index is 0. The van der Waals surface area contributed by atoms with Crippen LogP contribution in [0, 0.1) is 0 Å². The van der Waals surface area contributed by atoms with Crippen molar-refractivity contribution in [2.24, 2.45) is 10.7 Å². The second kappa shape index (κ2) is 9.67.